The summed E-state index contributed by atoms with van der Waals surface area (Å²) < 4.78 is 0. The summed E-state index contributed by atoms with van der Waals surface area (Å²) in [5.74, 6) is 4.27. The van der Waals surface area contributed by atoms with Gasteiger partial charge in [0, 0.05) is 6.42 Å². The highest BCUT2D eigenvalue weighted by molar-refractivity contribution is 5.68. The Balaban J connectivity index is 3.03. The van der Waals surface area contributed by atoms with Crippen molar-refractivity contribution in [2.45, 2.75) is 25.7 Å². The van der Waals surface area contributed by atoms with Crippen LogP contribution in [-0.4, -0.2) is 5.97 Å². The third-order valence-electron chi connectivity index (χ3n) is 1.17. The van der Waals surface area contributed by atoms with E-state index in [9.17, 15) is 4.79 Å². The van der Waals surface area contributed by atoms with E-state index in [1.807, 2.05) is 6.08 Å². The summed E-state index contributed by atoms with van der Waals surface area (Å²) in [6.45, 7) is 3.56. The lowest BCUT2D eigenvalue weighted by atomic mass is 10.2. The van der Waals surface area contributed by atoms with Crippen LogP contribution in [0, 0.1) is 0 Å². The molecule has 0 aromatic carbocycles. The Morgan fingerprint density at radius 2 is 2.30 bits per heavy atom. The molecule has 0 heterocycles. The Kier molecular flexibility index (Phi) is 5.77. The van der Waals surface area contributed by atoms with E-state index in [4.69, 9.17) is 0 Å². The van der Waals surface area contributed by atoms with Crippen LogP contribution in [0.2, 0.25) is 0 Å². The molecule has 0 atom stereocenters. The molecular weight excluding hydrogens is 130 g/mol. The number of carbonyl (C=O) groups excluding carboxylic acids is 1. The molecule has 58 valence electrons. The van der Waals surface area contributed by atoms with E-state index in [0.717, 1.165) is 19.3 Å². The first-order valence-electron chi connectivity index (χ1n) is 3.31. The zero-order valence-corrected chi connectivity index (χ0v) is 6.01. The molecule has 0 aromatic rings. The minimum atomic E-state index is -0.343. The third kappa shape index (κ3) is 5.31. The normalized spacial score (nSPS) is 8.90. The van der Waals surface area contributed by atoms with Gasteiger partial charge in [0.25, 0.3) is 0 Å². The van der Waals surface area contributed by atoms with E-state index in [-0.39, 0.29) is 5.97 Å². The molecule has 10 heavy (non-hydrogen) atoms. The topological polar surface area (TPSA) is 52.3 Å². The minimum Gasteiger partial charge on any atom is -0.373 e. The molecule has 0 bridgehead atoms. The maximum absolute atomic E-state index is 10.4. The van der Waals surface area contributed by atoms with Crippen molar-refractivity contribution in [1.29, 1.82) is 0 Å². The first-order valence-corrected chi connectivity index (χ1v) is 3.31. The van der Waals surface area contributed by atoms with E-state index in [1.165, 1.54) is 0 Å². The predicted octanol–water partition coefficient (Wildman–Crippen LogP) is 1.15. The van der Waals surface area contributed by atoms with Crippen molar-refractivity contribution in [3.05, 3.63) is 12.7 Å². The van der Waals surface area contributed by atoms with Crippen LogP contribution in [0.3, 0.4) is 0 Å². The first-order chi connectivity index (χ1) is 4.81. The summed E-state index contributed by atoms with van der Waals surface area (Å²) >= 11 is 0. The molecule has 0 saturated carbocycles. The molecule has 0 amide bonds. The van der Waals surface area contributed by atoms with Crippen LogP contribution < -0.4 is 5.90 Å². The highest BCUT2D eigenvalue weighted by Crippen LogP contribution is 1.99. The molecule has 3 nitrogen and oxygen atoms in total. The maximum Gasteiger partial charge on any atom is 0.324 e. The zero-order valence-electron chi connectivity index (χ0n) is 6.01. The van der Waals surface area contributed by atoms with Gasteiger partial charge in [-0.2, -0.15) is 5.90 Å². The summed E-state index contributed by atoms with van der Waals surface area (Å²) in [5, 5.41) is 0. The second-order valence-electron chi connectivity index (χ2n) is 2.02. The fourth-order valence-electron chi connectivity index (χ4n) is 0.617. The van der Waals surface area contributed by atoms with E-state index in [0.29, 0.717) is 6.42 Å². The fourth-order valence-corrected chi connectivity index (χ4v) is 0.617. The molecule has 3 heteroatoms. The lowest BCUT2D eigenvalue weighted by Gasteiger charge is -1.95. The molecule has 0 fully saturated rings. The molecule has 0 rings (SSSR count). The second kappa shape index (κ2) is 6.29. The molecule has 0 aromatic heterocycles. The molecular formula is C7H13NO2. The van der Waals surface area contributed by atoms with Gasteiger partial charge in [-0.1, -0.05) is 6.08 Å². The molecule has 0 spiro atoms. The molecule has 0 saturated heterocycles. The molecule has 0 aliphatic rings. The van der Waals surface area contributed by atoms with Gasteiger partial charge in [-0.25, -0.2) is 0 Å². The van der Waals surface area contributed by atoms with Crippen molar-refractivity contribution in [1.82, 2.24) is 0 Å². The van der Waals surface area contributed by atoms with Crippen molar-refractivity contribution < 1.29 is 9.63 Å². The van der Waals surface area contributed by atoms with Crippen LogP contribution >= 0.6 is 0 Å². The van der Waals surface area contributed by atoms with Gasteiger partial charge < -0.3 is 4.84 Å². The Morgan fingerprint density at radius 3 is 2.80 bits per heavy atom. The summed E-state index contributed by atoms with van der Waals surface area (Å²) in [6.07, 6.45) is 4.97. The average Bonchev–Trinajstić information content (AvgIpc) is 1.98. The fraction of sp³-hybridized carbons (Fsp3) is 0.571. The van der Waals surface area contributed by atoms with Gasteiger partial charge >= 0.3 is 5.97 Å². The first kappa shape index (κ1) is 9.17. The van der Waals surface area contributed by atoms with Crippen LogP contribution in [0.25, 0.3) is 0 Å². The van der Waals surface area contributed by atoms with E-state index >= 15 is 0 Å². The largest absolute Gasteiger partial charge is 0.373 e. The second-order valence-corrected chi connectivity index (χ2v) is 2.02. The van der Waals surface area contributed by atoms with Crippen molar-refractivity contribution in [3.8, 4) is 0 Å². The molecule has 2 N–H and O–H groups in total. The lowest BCUT2D eigenvalue weighted by molar-refractivity contribution is -0.144. The molecule has 0 radical (unpaired) electrons. The summed E-state index contributed by atoms with van der Waals surface area (Å²) in [6, 6.07) is 0. The summed E-state index contributed by atoms with van der Waals surface area (Å²) in [7, 11) is 0. The van der Waals surface area contributed by atoms with Crippen LogP contribution in [0.5, 0.6) is 0 Å². The monoisotopic (exact) mass is 143 g/mol. The number of nitrogens with two attached hydrogens (primary N) is 1. The van der Waals surface area contributed by atoms with E-state index < -0.39 is 0 Å². The predicted molar refractivity (Wildman–Crippen MR) is 38.9 cm³/mol. The van der Waals surface area contributed by atoms with Crippen molar-refractivity contribution >= 4 is 5.97 Å². The van der Waals surface area contributed by atoms with Crippen molar-refractivity contribution in [2.24, 2.45) is 5.90 Å². The highest BCUT2D eigenvalue weighted by atomic mass is 16.7. The Bertz CT molecular complexity index is 112. The molecule has 0 aliphatic carbocycles. The highest BCUT2D eigenvalue weighted by Gasteiger charge is 1.97. The van der Waals surface area contributed by atoms with Gasteiger partial charge in [0.05, 0.1) is 0 Å². The van der Waals surface area contributed by atoms with Gasteiger partial charge in [0.1, 0.15) is 0 Å². The average molecular weight is 143 g/mol. The van der Waals surface area contributed by atoms with Crippen LogP contribution in [0.15, 0.2) is 12.7 Å². The smallest absolute Gasteiger partial charge is 0.324 e. The third-order valence-corrected chi connectivity index (χ3v) is 1.17. The van der Waals surface area contributed by atoms with Crippen molar-refractivity contribution in [3.63, 3.8) is 0 Å². The standard InChI is InChI=1S/C7H13NO2/c1-2-3-4-5-6-7(9)10-8/h2H,1,3-6,8H2. The van der Waals surface area contributed by atoms with Gasteiger partial charge in [0.2, 0.25) is 0 Å². The molecule has 0 unspecified atom stereocenters. The summed E-state index contributed by atoms with van der Waals surface area (Å²) in [4.78, 5) is 14.4. The minimum absolute atomic E-state index is 0.343. The number of carbonyl (C=O) groups is 1. The maximum atomic E-state index is 10.4. The van der Waals surface area contributed by atoms with E-state index in [2.05, 4.69) is 17.3 Å². The van der Waals surface area contributed by atoms with Gasteiger partial charge in [-0.05, 0) is 19.3 Å². The Hall–Kier alpha value is -0.830. The number of hydrogen-bond acceptors (Lipinski definition) is 3. The quantitative estimate of drug-likeness (QED) is 0.357. The van der Waals surface area contributed by atoms with Crippen LogP contribution in [-0.2, 0) is 9.63 Å². The van der Waals surface area contributed by atoms with Gasteiger partial charge in [-0.15, -0.1) is 6.58 Å². The number of rotatable bonds is 5. The van der Waals surface area contributed by atoms with Crippen molar-refractivity contribution in [2.75, 3.05) is 0 Å². The number of hydrogen-bond donors (Lipinski definition) is 1. The van der Waals surface area contributed by atoms with Gasteiger partial charge in [-0.3, -0.25) is 4.79 Å². The van der Waals surface area contributed by atoms with Gasteiger partial charge in [0.15, 0.2) is 0 Å². The number of unbranched alkanes of at least 4 members (excludes halogenated alkanes) is 2. The van der Waals surface area contributed by atoms with E-state index in [1.54, 1.807) is 0 Å². The number of allylic oxidation sites excluding steroid dienone is 1. The summed E-state index contributed by atoms with van der Waals surface area (Å²) in [5.41, 5.74) is 0. The lowest BCUT2D eigenvalue weighted by Crippen LogP contribution is -2.08. The SMILES string of the molecule is C=CCCCCC(=O)ON. The van der Waals surface area contributed by atoms with Crippen LogP contribution in [0.4, 0.5) is 0 Å². The van der Waals surface area contributed by atoms with Crippen LogP contribution in [0.1, 0.15) is 25.7 Å². The Morgan fingerprint density at radius 1 is 1.60 bits per heavy atom. The zero-order chi connectivity index (χ0) is 7.82. The Labute approximate surface area is 60.8 Å². The molecule has 0 aliphatic heterocycles.